The van der Waals surface area contributed by atoms with E-state index in [9.17, 15) is 0 Å². The van der Waals surface area contributed by atoms with E-state index in [2.05, 4.69) is 16.4 Å². The van der Waals surface area contributed by atoms with Gasteiger partial charge < -0.3 is 10.1 Å². The number of rotatable bonds is 2. The maximum Gasteiger partial charge on any atom is 0.103 e. The zero-order chi connectivity index (χ0) is 11.5. The fourth-order valence-electron chi connectivity index (χ4n) is 1.95. The van der Waals surface area contributed by atoms with Gasteiger partial charge in [0.05, 0.1) is 29.6 Å². The van der Waals surface area contributed by atoms with Gasteiger partial charge in [0.2, 0.25) is 0 Å². The third kappa shape index (κ3) is 2.15. The number of aromatic nitrogens is 1. The van der Waals surface area contributed by atoms with Crippen LogP contribution in [0, 0.1) is 25.2 Å². The highest BCUT2D eigenvalue weighted by atomic mass is 16.5. The van der Waals surface area contributed by atoms with Crippen LogP contribution in [0.2, 0.25) is 0 Å². The summed E-state index contributed by atoms with van der Waals surface area (Å²) in [6.07, 6.45) is 0.991. The van der Waals surface area contributed by atoms with Crippen LogP contribution >= 0.6 is 0 Å². The average molecular weight is 217 g/mol. The van der Waals surface area contributed by atoms with Crippen molar-refractivity contribution >= 4 is 5.69 Å². The summed E-state index contributed by atoms with van der Waals surface area (Å²) in [5, 5.41) is 12.5. The van der Waals surface area contributed by atoms with E-state index >= 15 is 0 Å². The molecule has 16 heavy (non-hydrogen) atoms. The Kier molecular flexibility index (Phi) is 3.07. The summed E-state index contributed by atoms with van der Waals surface area (Å²) in [6.45, 7) is 5.31. The summed E-state index contributed by atoms with van der Waals surface area (Å²) in [4.78, 5) is 4.29. The van der Waals surface area contributed by atoms with Gasteiger partial charge in [-0.25, -0.2) is 0 Å². The second-order valence-corrected chi connectivity index (χ2v) is 4.09. The molecule has 2 heterocycles. The van der Waals surface area contributed by atoms with Crippen molar-refractivity contribution in [2.75, 3.05) is 18.5 Å². The van der Waals surface area contributed by atoms with Crippen LogP contribution in [0.25, 0.3) is 0 Å². The quantitative estimate of drug-likeness (QED) is 0.820. The Morgan fingerprint density at radius 1 is 1.56 bits per heavy atom. The van der Waals surface area contributed by atoms with Crippen molar-refractivity contribution in [3.63, 3.8) is 0 Å². The summed E-state index contributed by atoms with van der Waals surface area (Å²) >= 11 is 0. The molecule has 1 unspecified atom stereocenters. The van der Waals surface area contributed by atoms with Crippen LogP contribution in [-0.2, 0) is 4.74 Å². The molecule has 0 spiro atoms. The molecule has 4 nitrogen and oxygen atoms in total. The Labute approximate surface area is 95.3 Å². The first-order chi connectivity index (χ1) is 7.70. The summed E-state index contributed by atoms with van der Waals surface area (Å²) in [7, 11) is 0. The molecule has 1 fully saturated rings. The lowest BCUT2D eigenvalue weighted by Gasteiger charge is -2.15. The van der Waals surface area contributed by atoms with E-state index in [4.69, 9.17) is 10.00 Å². The second-order valence-electron chi connectivity index (χ2n) is 4.09. The smallest absolute Gasteiger partial charge is 0.103 e. The van der Waals surface area contributed by atoms with Gasteiger partial charge in [-0.05, 0) is 26.3 Å². The fourth-order valence-corrected chi connectivity index (χ4v) is 1.95. The Hall–Kier alpha value is -1.60. The predicted molar refractivity (Wildman–Crippen MR) is 61.3 cm³/mol. The van der Waals surface area contributed by atoms with Gasteiger partial charge in [-0.2, -0.15) is 5.26 Å². The van der Waals surface area contributed by atoms with Gasteiger partial charge >= 0.3 is 0 Å². The van der Waals surface area contributed by atoms with E-state index in [1.807, 2.05) is 19.9 Å². The van der Waals surface area contributed by atoms with Gasteiger partial charge in [-0.15, -0.1) is 0 Å². The molecule has 0 saturated carbocycles. The molecular weight excluding hydrogens is 202 g/mol. The molecule has 1 aliphatic rings. The summed E-state index contributed by atoms with van der Waals surface area (Å²) < 4.78 is 5.30. The van der Waals surface area contributed by atoms with Crippen molar-refractivity contribution in [2.45, 2.75) is 26.3 Å². The normalized spacial score (nSPS) is 19.4. The molecule has 0 amide bonds. The van der Waals surface area contributed by atoms with Gasteiger partial charge in [0.25, 0.3) is 0 Å². The van der Waals surface area contributed by atoms with E-state index in [0.717, 1.165) is 30.1 Å². The van der Waals surface area contributed by atoms with Crippen LogP contribution in [0.3, 0.4) is 0 Å². The molecule has 1 aliphatic heterocycles. The number of hydrogen-bond acceptors (Lipinski definition) is 4. The number of nitrogens with one attached hydrogen (secondary N) is 1. The Morgan fingerprint density at radius 3 is 3.00 bits per heavy atom. The number of nitriles is 1. The van der Waals surface area contributed by atoms with E-state index < -0.39 is 0 Å². The second kappa shape index (κ2) is 4.50. The Balaban J connectivity index is 2.28. The predicted octanol–water partition coefficient (Wildman–Crippen LogP) is 1.77. The minimum atomic E-state index is 0.313. The van der Waals surface area contributed by atoms with E-state index in [0.29, 0.717) is 18.2 Å². The van der Waals surface area contributed by atoms with Crippen molar-refractivity contribution in [2.24, 2.45) is 0 Å². The Morgan fingerprint density at radius 2 is 2.38 bits per heavy atom. The molecule has 1 atom stereocenters. The first-order valence-electron chi connectivity index (χ1n) is 5.43. The number of aryl methyl sites for hydroxylation is 2. The zero-order valence-electron chi connectivity index (χ0n) is 9.58. The third-order valence-corrected chi connectivity index (χ3v) is 2.73. The van der Waals surface area contributed by atoms with Crippen LogP contribution in [0.15, 0.2) is 6.07 Å². The number of ether oxygens (including phenoxy) is 1. The Bertz CT molecular complexity index is 431. The SMILES string of the molecule is Cc1cc(NC2CCOC2)c(C#N)c(C)n1. The molecule has 1 saturated heterocycles. The minimum absolute atomic E-state index is 0.313. The first kappa shape index (κ1) is 10.9. The maximum atomic E-state index is 9.10. The summed E-state index contributed by atoms with van der Waals surface area (Å²) in [6, 6.07) is 4.43. The van der Waals surface area contributed by atoms with Crippen molar-refractivity contribution in [1.82, 2.24) is 4.98 Å². The van der Waals surface area contributed by atoms with Gasteiger partial charge in [-0.3, -0.25) is 4.98 Å². The molecule has 84 valence electrons. The largest absolute Gasteiger partial charge is 0.379 e. The molecule has 0 bridgehead atoms. The first-order valence-corrected chi connectivity index (χ1v) is 5.43. The van der Waals surface area contributed by atoms with Crippen molar-refractivity contribution in [3.8, 4) is 6.07 Å². The molecule has 0 aromatic carbocycles. The highest BCUT2D eigenvalue weighted by Crippen LogP contribution is 2.21. The van der Waals surface area contributed by atoms with Gasteiger partial charge in [0.15, 0.2) is 0 Å². The lowest BCUT2D eigenvalue weighted by atomic mass is 10.1. The minimum Gasteiger partial charge on any atom is -0.379 e. The number of pyridine rings is 1. The fraction of sp³-hybridized carbons (Fsp3) is 0.500. The molecule has 0 radical (unpaired) electrons. The van der Waals surface area contributed by atoms with Crippen molar-refractivity contribution in [1.29, 1.82) is 5.26 Å². The van der Waals surface area contributed by atoms with Crippen LogP contribution in [-0.4, -0.2) is 24.2 Å². The third-order valence-electron chi connectivity index (χ3n) is 2.73. The standard InChI is InChI=1S/C12H15N3O/c1-8-5-12(11(6-13)9(2)14-8)15-10-3-4-16-7-10/h5,10H,3-4,7H2,1-2H3,(H,14,15). The summed E-state index contributed by atoms with van der Waals surface area (Å²) in [5.41, 5.74) is 3.22. The van der Waals surface area contributed by atoms with Crippen molar-refractivity contribution < 1.29 is 4.74 Å². The van der Waals surface area contributed by atoms with E-state index in [1.54, 1.807) is 0 Å². The monoisotopic (exact) mass is 217 g/mol. The number of nitrogens with zero attached hydrogens (tertiary/aromatic N) is 2. The van der Waals surface area contributed by atoms with Gasteiger partial charge in [0.1, 0.15) is 6.07 Å². The topological polar surface area (TPSA) is 57.9 Å². The van der Waals surface area contributed by atoms with Crippen LogP contribution in [0.4, 0.5) is 5.69 Å². The van der Waals surface area contributed by atoms with Crippen molar-refractivity contribution in [3.05, 3.63) is 23.0 Å². The highest BCUT2D eigenvalue weighted by Gasteiger charge is 2.17. The molecule has 2 rings (SSSR count). The van der Waals surface area contributed by atoms with E-state index in [1.165, 1.54) is 0 Å². The van der Waals surface area contributed by atoms with Crippen LogP contribution < -0.4 is 5.32 Å². The maximum absolute atomic E-state index is 9.10. The lowest BCUT2D eigenvalue weighted by Crippen LogP contribution is -2.20. The van der Waals surface area contributed by atoms with E-state index in [-0.39, 0.29) is 0 Å². The molecule has 4 heteroatoms. The molecular formula is C12H15N3O. The van der Waals surface area contributed by atoms with Gasteiger partial charge in [-0.1, -0.05) is 0 Å². The molecule has 0 aliphatic carbocycles. The van der Waals surface area contributed by atoms with Crippen LogP contribution in [0.1, 0.15) is 23.4 Å². The van der Waals surface area contributed by atoms with Gasteiger partial charge in [0, 0.05) is 12.3 Å². The zero-order valence-corrected chi connectivity index (χ0v) is 9.58. The number of hydrogen-bond donors (Lipinski definition) is 1. The molecule has 1 aromatic heterocycles. The lowest BCUT2D eigenvalue weighted by molar-refractivity contribution is 0.195. The summed E-state index contributed by atoms with van der Waals surface area (Å²) in [5.74, 6) is 0. The average Bonchev–Trinajstić information content (AvgIpc) is 2.70. The molecule has 1 N–H and O–H groups in total. The number of anilines is 1. The van der Waals surface area contributed by atoms with Crippen LogP contribution in [0.5, 0.6) is 0 Å². The molecule has 1 aromatic rings. The highest BCUT2D eigenvalue weighted by molar-refractivity contribution is 5.60.